The lowest BCUT2D eigenvalue weighted by atomic mass is 9.82. The van der Waals surface area contributed by atoms with Gasteiger partial charge in [0.15, 0.2) is 6.20 Å². The fourth-order valence-corrected chi connectivity index (χ4v) is 4.16. The van der Waals surface area contributed by atoms with Gasteiger partial charge in [-0.1, -0.05) is 24.3 Å². The van der Waals surface area contributed by atoms with Gasteiger partial charge in [-0.2, -0.15) is 0 Å². The molecule has 0 amide bonds. The van der Waals surface area contributed by atoms with Crippen LogP contribution in [0.5, 0.6) is 0 Å². The van der Waals surface area contributed by atoms with E-state index in [1.807, 2.05) is 0 Å². The van der Waals surface area contributed by atoms with E-state index in [1.54, 1.807) is 0 Å². The lowest BCUT2D eigenvalue weighted by Crippen LogP contribution is -2.34. The number of nitrogens with zero attached hydrogens (tertiary/aromatic N) is 2. The largest absolute Gasteiger partial charge is 0.344 e. The van der Waals surface area contributed by atoms with Crippen LogP contribution in [0, 0.1) is 19.8 Å². The number of allylic oxidation sites excluding steroid dienone is 6. The van der Waals surface area contributed by atoms with Crippen LogP contribution in [0.25, 0.3) is 5.57 Å². The highest BCUT2D eigenvalue weighted by atomic mass is 15.2. The van der Waals surface area contributed by atoms with Crippen LogP contribution in [0.4, 0.5) is 0 Å². The first kappa shape index (κ1) is 15.2. The van der Waals surface area contributed by atoms with Gasteiger partial charge in [0.1, 0.15) is 7.05 Å². The molecule has 0 saturated carbocycles. The minimum Gasteiger partial charge on any atom is -0.344 e. The highest BCUT2D eigenvalue weighted by molar-refractivity contribution is 5.79. The zero-order chi connectivity index (χ0) is 17.0. The molecule has 2 heteroatoms. The fourth-order valence-electron chi connectivity index (χ4n) is 4.16. The van der Waals surface area contributed by atoms with Gasteiger partial charge in [-0.3, -0.25) is 0 Å². The topological polar surface area (TPSA) is 7.12 Å². The maximum absolute atomic E-state index is 2.48. The number of fused-ring (bicyclic) bond motifs is 3. The number of aryl methyl sites for hydroxylation is 3. The molecule has 2 unspecified atom stereocenters. The average Bonchev–Trinajstić information content (AvgIpc) is 2.83. The summed E-state index contributed by atoms with van der Waals surface area (Å²) in [5, 5.41) is 0. The Labute approximate surface area is 144 Å². The monoisotopic (exact) mass is 317 g/mol. The third-order valence-corrected chi connectivity index (χ3v) is 5.68. The van der Waals surface area contributed by atoms with Gasteiger partial charge in [0.25, 0.3) is 0 Å². The normalized spacial score (nSPS) is 24.8. The summed E-state index contributed by atoms with van der Waals surface area (Å²) >= 11 is 0. The first-order chi connectivity index (χ1) is 11.5. The first-order valence-corrected chi connectivity index (χ1v) is 8.69. The number of rotatable bonds is 1. The third kappa shape index (κ3) is 2.13. The molecule has 0 bridgehead atoms. The van der Waals surface area contributed by atoms with E-state index in [0.29, 0.717) is 12.0 Å². The molecule has 0 fully saturated rings. The van der Waals surface area contributed by atoms with Crippen molar-refractivity contribution in [3.8, 4) is 0 Å². The van der Waals surface area contributed by atoms with Crippen molar-refractivity contribution in [3.63, 3.8) is 0 Å². The smallest absolute Gasteiger partial charge is 0.212 e. The van der Waals surface area contributed by atoms with Crippen molar-refractivity contribution in [1.29, 1.82) is 0 Å². The molecule has 1 aromatic heterocycles. The first-order valence-electron chi connectivity index (χ1n) is 8.69. The number of pyridine rings is 1. The Morgan fingerprint density at radius 3 is 2.62 bits per heavy atom. The fraction of sp³-hybridized carbons (Fsp3) is 0.318. The highest BCUT2D eigenvalue weighted by Crippen LogP contribution is 2.43. The van der Waals surface area contributed by atoms with Crippen LogP contribution in [-0.4, -0.2) is 10.9 Å². The molecular weight excluding hydrogens is 292 g/mol. The van der Waals surface area contributed by atoms with E-state index in [4.69, 9.17) is 0 Å². The van der Waals surface area contributed by atoms with Crippen LogP contribution < -0.4 is 4.57 Å². The van der Waals surface area contributed by atoms with E-state index in [-0.39, 0.29) is 0 Å². The van der Waals surface area contributed by atoms with Gasteiger partial charge in [-0.05, 0) is 50.5 Å². The Kier molecular flexibility index (Phi) is 3.38. The van der Waals surface area contributed by atoms with Crippen LogP contribution in [0.15, 0.2) is 65.7 Å². The zero-order valence-electron chi connectivity index (χ0n) is 15.2. The average molecular weight is 317 g/mol. The predicted molar refractivity (Wildman–Crippen MR) is 98.9 cm³/mol. The molecule has 122 valence electrons. The van der Waals surface area contributed by atoms with Gasteiger partial charge in [0.05, 0.1) is 6.04 Å². The van der Waals surface area contributed by atoms with Crippen molar-refractivity contribution >= 4 is 5.57 Å². The van der Waals surface area contributed by atoms with Crippen LogP contribution in [-0.2, 0) is 7.05 Å². The summed E-state index contributed by atoms with van der Waals surface area (Å²) < 4.78 is 2.26. The molecule has 0 saturated heterocycles. The van der Waals surface area contributed by atoms with Crippen molar-refractivity contribution in [2.75, 3.05) is 0 Å². The lowest BCUT2D eigenvalue weighted by Gasteiger charge is -2.28. The second-order valence-corrected chi connectivity index (χ2v) is 7.23. The summed E-state index contributed by atoms with van der Waals surface area (Å²) in [5.74, 6) is 0.437. The summed E-state index contributed by atoms with van der Waals surface area (Å²) in [4.78, 5) is 2.41. The van der Waals surface area contributed by atoms with E-state index in [2.05, 4.69) is 93.1 Å². The molecule has 4 rings (SSSR count). The van der Waals surface area contributed by atoms with Crippen LogP contribution in [0.2, 0.25) is 0 Å². The molecule has 3 aliphatic rings. The van der Waals surface area contributed by atoms with Gasteiger partial charge >= 0.3 is 0 Å². The quantitative estimate of drug-likeness (QED) is 0.707. The van der Waals surface area contributed by atoms with Crippen LogP contribution in [0.1, 0.15) is 30.7 Å². The Bertz CT molecular complexity index is 877. The van der Waals surface area contributed by atoms with Gasteiger partial charge < -0.3 is 4.90 Å². The predicted octanol–water partition coefficient (Wildman–Crippen LogP) is 4.13. The molecule has 0 radical (unpaired) electrons. The summed E-state index contributed by atoms with van der Waals surface area (Å²) in [6, 6.07) is 2.74. The summed E-state index contributed by atoms with van der Waals surface area (Å²) in [6.07, 6.45) is 15.9. The Morgan fingerprint density at radius 1 is 1.04 bits per heavy atom. The summed E-state index contributed by atoms with van der Waals surface area (Å²) in [5.41, 5.74) is 9.55. The molecular formula is C22H25N2+. The minimum atomic E-state index is 0.418. The van der Waals surface area contributed by atoms with E-state index >= 15 is 0 Å². The summed E-state index contributed by atoms with van der Waals surface area (Å²) in [7, 11) is 2.15. The highest BCUT2D eigenvalue weighted by Gasteiger charge is 2.38. The molecule has 0 N–H and O–H groups in total. The molecule has 1 aromatic rings. The van der Waals surface area contributed by atoms with Crippen molar-refractivity contribution < 1.29 is 4.57 Å². The molecule has 0 aromatic carbocycles. The number of hydrogen-bond acceptors (Lipinski definition) is 1. The van der Waals surface area contributed by atoms with E-state index < -0.39 is 0 Å². The third-order valence-electron chi connectivity index (χ3n) is 5.68. The SMILES string of the molecule is CC1=CC2=C(C)N3C=CC=CC3C2C=C1c1cc(C)c(C)c[n+]1C. The molecule has 2 aliphatic heterocycles. The van der Waals surface area contributed by atoms with Crippen molar-refractivity contribution in [2.24, 2.45) is 13.0 Å². The maximum atomic E-state index is 2.48. The van der Waals surface area contributed by atoms with Crippen molar-refractivity contribution in [3.05, 3.63) is 82.5 Å². The standard InChI is InChI=1S/C22H25N2/c1-14-11-22(23(5)13-16(14)3)18-12-20-19(10-15(18)2)17(4)24-9-7-6-8-21(20)24/h6-13,20-21H,1-5H3/q+1. The molecule has 3 heterocycles. The van der Waals surface area contributed by atoms with Gasteiger partial charge in [0, 0.05) is 35.0 Å². The molecule has 0 spiro atoms. The lowest BCUT2D eigenvalue weighted by molar-refractivity contribution is -0.674. The summed E-state index contributed by atoms with van der Waals surface area (Å²) in [6.45, 7) is 8.85. The number of hydrogen-bond donors (Lipinski definition) is 0. The van der Waals surface area contributed by atoms with Gasteiger partial charge in [-0.25, -0.2) is 4.57 Å². The Morgan fingerprint density at radius 2 is 1.83 bits per heavy atom. The van der Waals surface area contributed by atoms with Crippen LogP contribution >= 0.6 is 0 Å². The van der Waals surface area contributed by atoms with Gasteiger partial charge in [0.2, 0.25) is 5.69 Å². The van der Waals surface area contributed by atoms with Crippen LogP contribution in [0.3, 0.4) is 0 Å². The second kappa shape index (κ2) is 5.34. The van der Waals surface area contributed by atoms with E-state index in [9.17, 15) is 0 Å². The zero-order valence-corrected chi connectivity index (χ0v) is 15.2. The minimum absolute atomic E-state index is 0.418. The second-order valence-electron chi connectivity index (χ2n) is 7.23. The Hall–Kier alpha value is -2.35. The van der Waals surface area contributed by atoms with E-state index in [1.165, 1.54) is 39.2 Å². The Balaban J connectivity index is 1.84. The van der Waals surface area contributed by atoms with Gasteiger partial charge in [-0.15, -0.1) is 0 Å². The molecule has 1 aliphatic carbocycles. The maximum Gasteiger partial charge on any atom is 0.212 e. The van der Waals surface area contributed by atoms with Crippen molar-refractivity contribution in [2.45, 2.75) is 33.7 Å². The number of aromatic nitrogens is 1. The van der Waals surface area contributed by atoms with Crippen molar-refractivity contribution in [1.82, 2.24) is 4.90 Å². The van der Waals surface area contributed by atoms with E-state index in [0.717, 1.165) is 0 Å². The molecule has 24 heavy (non-hydrogen) atoms. The molecule has 2 atom stereocenters. The molecule has 2 nitrogen and oxygen atoms in total.